The molecule has 4 aliphatic carbocycles. The van der Waals surface area contributed by atoms with Crippen LogP contribution in [0, 0.1) is 28.6 Å². The Morgan fingerprint density at radius 1 is 1.03 bits per heavy atom. The number of aliphatic hydroxyl groups is 1. The molecule has 1 aromatic rings. The Hall–Kier alpha value is -1.86. The molecular formula is C31H46N2O5. The standard InChI is InChI=1S/C31H46N2O5/c1-29-13-8-23(38-28(35)32-22-11-16-33(3)17-12-22)18-21(29)5-6-26-25(29)9-14-30(2)24(10-15-31(26,30)36)20-4-7-27(34)37-19-20/h4,7,19,21-26,36H,5-6,8-18H2,1-3H3,(H,32,35). The van der Waals surface area contributed by atoms with Gasteiger partial charge in [-0.2, -0.15) is 0 Å². The largest absolute Gasteiger partial charge is 0.446 e. The normalized spacial score (nSPS) is 43.5. The quantitative estimate of drug-likeness (QED) is 0.571. The van der Waals surface area contributed by atoms with Gasteiger partial charge < -0.3 is 24.5 Å². The molecule has 6 rings (SSSR count). The average Bonchev–Trinajstić information content (AvgIpc) is 3.17. The van der Waals surface area contributed by atoms with Gasteiger partial charge in [0, 0.05) is 17.5 Å². The van der Waals surface area contributed by atoms with Crippen molar-refractivity contribution in [2.45, 2.75) is 108 Å². The summed E-state index contributed by atoms with van der Waals surface area (Å²) < 4.78 is 11.2. The molecule has 1 saturated heterocycles. The summed E-state index contributed by atoms with van der Waals surface area (Å²) in [6, 6.07) is 3.65. The number of carbonyl (C=O) groups excluding carboxylic acids is 1. The van der Waals surface area contributed by atoms with Crippen LogP contribution in [0.5, 0.6) is 0 Å². The lowest BCUT2D eigenvalue weighted by atomic mass is 9.43. The number of piperidine rings is 1. The molecule has 0 radical (unpaired) electrons. The summed E-state index contributed by atoms with van der Waals surface area (Å²) in [5.74, 6) is 1.55. The summed E-state index contributed by atoms with van der Waals surface area (Å²) in [7, 11) is 2.13. The van der Waals surface area contributed by atoms with E-state index in [4.69, 9.17) is 9.15 Å². The first-order valence-electron chi connectivity index (χ1n) is 15.1. The lowest BCUT2D eigenvalue weighted by molar-refractivity contribution is -0.205. The van der Waals surface area contributed by atoms with Gasteiger partial charge in [0.1, 0.15) is 6.10 Å². The van der Waals surface area contributed by atoms with Crippen LogP contribution in [-0.4, -0.2) is 54.0 Å². The second-order valence-electron chi connectivity index (χ2n) is 13.9. The minimum absolute atomic E-state index is 0.00331. The zero-order valence-electron chi connectivity index (χ0n) is 23.4. The van der Waals surface area contributed by atoms with Gasteiger partial charge in [-0.25, -0.2) is 9.59 Å². The monoisotopic (exact) mass is 526 g/mol. The van der Waals surface area contributed by atoms with Crippen LogP contribution in [0.25, 0.3) is 0 Å². The number of amides is 1. The molecule has 7 nitrogen and oxygen atoms in total. The third kappa shape index (κ3) is 4.23. The van der Waals surface area contributed by atoms with Crippen molar-refractivity contribution in [2.24, 2.45) is 28.6 Å². The van der Waals surface area contributed by atoms with Gasteiger partial charge in [-0.05, 0) is 131 Å². The van der Waals surface area contributed by atoms with Crippen molar-refractivity contribution < 1.29 is 19.1 Å². The predicted molar refractivity (Wildman–Crippen MR) is 145 cm³/mol. The number of carbonyl (C=O) groups is 1. The van der Waals surface area contributed by atoms with Gasteiger partial charge in [0.2, 0.25) is 0 Å². The predicted octanol–water partition coefficient (Wildman–Crippen LogP) is 5.07. The fourth-order valence-corrected chi connectivity index (χ4v) is 9.90. The van der Waals surface area contributed by atoms with E-state index in [2.05, 4.69) is 31.1 Å². The molecule has 0 aromatic carbocycles. The van der Waals surface area contributed by atoms with E-state index in [1.54, 1.807) is 6.26 Å². The molecule has 8 unspecified atom stereocenters. The minimum atomic E-state index is -0.688. The maximum Gasteiger partial charge on any atom is 0.407 e. The topological polar surface area (TPSA) is 92.0 Å². The maximum absolute atomic E-state index is 12.7. The molecule has 1 amide bonds. The lowest BCUT2D eigenvalue weighted by Gasteiger charge is -2.63. The highest BCUT2D eigenvalue weighted by Crippen LogP contribution is 2.70. The van der Waals surface area contributed by atoms with Crippen LogP contribution in [0.4, 0.5) is 4.79 Å². The van der Waals surface area contributed by atoms with Crippen LogP contribution in [0.3, 0.4) is 0 Å². The van der Waals surface area contributed by atoms with Crippen LogP contribution in [0.1, 0.15) is 96.0 Å². The summed E-state index contributed by atoms with van der Waals surface area (Å²) in [5, 5.41) is 15.6. The van der Waals surface area contributed by atoms with Crippen molar-refractivity contribution in [1.29, 1.82) is 0 Å². The van der Waals surface area contributed by atoms with E-state index in [1.165, 1.54) is 6.07 Å². The van der Waals surface area contributed by atoms with Crippen LogP contribution in [0.2, 0.25) is 0 Å². The Morgan fingerprint density at radius 3 is 2.55 bits per heavy atom. The SMILES string of the molecule is CN1CCC(NC(=O)OC2CCC3(C)C(CCC4C3CCC3(C)C(c5ccc(=O)oc5)CCC43O)C2)CC1. The van der Waals surface area contributed by atoms with Gasteiger partial charge in [0.05, 0.1) is 11.9 Å². The molecular weight excluding hydrogens is 480 g/mol. The van der Waals surface area contributed by atoms with E-state index < -0.39 is 5.60 Å². The molecule has 38 heavy (non-hydrogen) atoms. The summed E-state index contributed by atoms with van der Waals surface area (Å²) >= 11 is 0. The van der Waals surface area contributed by atoms with Crippen molar-refractivity contribution >= 4 is 6.09 Å². The number of likely N-dealkylation sites (tertiary alicyclic amines) is 1. The third-order valence-electron chi connectivity index (χ3n) is 12.2. The van der Waals surface area contributed by atoms with Gasteiger partial charge in [-0.1, -0.05) is 13.8 Å². The number of fused-ring (bicyclic) bond motifs is 5. The molecule has 1 aromatic heterocycles. The zero-order valence-corrected chi connectivity index (χ0v) is 23.4. The number of nitrogens with one attached hydrogen (secondary N) is 1. The third-order valence-corrected chi connectivity index (χ3v) is 12.2. The molecule has 8 atom stereocenters. The summed E-state index contributed by atoms with van der Waals surface area (Å²) in [6.45, 7) is 6.79. The summed E-state index contributed by atoms with van der Waals surface area (Å²) in [5.41, 5.74) is 0.0240. The van der Waals surface area contributed by atoms with Crippen molar-refractivity contribution in [2.75, 3.05) is 20.1 Å². The highest BCUT2D eigenvalue weighted by atomic mass is 16.6. The van der Waals surface area contributed by atoms with E-state index in [1.807, 2.05) is 6.07 Å². The lowest BCUT2D eigenvalue weighted by Crippen LogP contribution is -2.62. The summed E-state index contributed by atoms with van der Waals surface area (Å²) in [4.78, 5) is 26.6. The maximum atomic E-state index is 12.7. The Kier molecular flexibility index (Phi) is 6.70. The highest BCUT2D eigenvalue weighted by Gasteiger charge is 2.67. The van der Waals surface area contributed by atoms with Crippen LogP contribution >= 0.6 is 0 Å². The second kappa shape index (κ2) is 9.65. The molecule has 1 aliphatic heterocycles. The first-order valence-corrected chi connectivity index (χ1v) is 15.1. The van der Waals surface area contributed by atoms with E-state index in [0.29, 0.717) is 17.8 Å². The van der Waals surface area contributed by atoms with E-state index in [-0.39, 0.29) is 40.6 Å². The Labute approximate surface area is 226 Å². The molecule has 4 saturated carbocycles. The minimum Gasteiger partial charge on any atom is -0.446 e. The van der Waals surface area contributed by atoms with Crippen LogP contribution in [-0.2, 0) is 4.74 Å². The highest BCUT2D eigenvalue weighted by molar-refractivity contribution is 5.67. The smallest absolute Gasteiger partial charge is 0.407 e. The Balaban J connectivity index is 1.12. The number of nitrogens with zero attached hydrogens (tertiary/aromatic N) is 1. The van der Waals surface area contributed by atoms with Gasteiger partial charge in [0.25, 0.3) is 0 Å². The van der Waals surface area contributed by atoms with Crippen molar-refractivity contribution in [3.8, 4) is 0 Å². The molecule has 2 N–H and O–H groups in total. The van der Waals surface area contributed by atoms with Gasteiger partial charge >= 0.3 is 11.7 Å². The number of hydrogen-bond donors (Lipinski definition) is 2. The van der Waals surface area contributed by atoms with Crippen LogP contribution in [0.15, 0.2) is 27.6 Å². The van der Waals surface area contributed by atoms with Crippen molar-refractivity contribution in [1.82, 2.24) is 10.2 Å². The van der Waals surface area contributed by atoms with E-state index >= 15 is 0 Å². The van der Waals surface area contributed by atoms with Gasteiger partial charge in [0.15, 0.2) is 0 Å². The number of alkyl carbamates (subject to hydrolysis) is 1. The fraction of sp³-hybridized carbons (Fsp3) is 0.806. The first kappa shape index (κ1) is 26.4. The van der Waals surface area contributed by atoms with Gasteiger partial charge in [-0.3, -0.25) is 0 Å². The molecule has 0 spiro atoms. The summed E-state index contributed by atoms with van der Waals surface area (Å²) in [6.07, 6.45) is 12.3. The average molecular weight is 527 g/mol. The van der Waals surface area contributed by atoms with E-state index in [9.17, 15) is 14.7 Å². The molecule has 2 heterocycles. The fourth-order valence-electron chi connectivity index (χ4n) is 9.90. The Bertz CT molecular complexity index is 1080. The van der Waals surface area contributed by atoms with Crippen molar-refractivity contribution in [3.05, 3.63) is 34.4 Å². The second-order valence-corrected chi connectivity index (χ2v) is 13.9. The molecule has 7 heteroatoms. The molecule has 0 bridgehead atoms. The zero-order chi connectivity index (χ0) is 26.7. The van der Waals surface area contributed by atoms with Gasteiger partial charge in [-0.15, -0.1) is 0 Å². The number of ether oxygens (including phenoxy) is 1. The Morgan fingerprint density at radius 2 is 1.82 bits per heavy atom. The number of rotatable bonds is 3. The van der Waals surface area contributed by atoms with Crippen molar-refractivity contribution in [3.63, 3.8) is 0 Å². The van der Waals surface area contributed by atoms with E-state index in [0.717, 1.165) is 89.3 Å². The number of hydrogen-bond acceptors (Lipinski definition) is 6. The molecule has 5 aliphatic rings. The molecule has 5 fully saturated rings. The van der Waals surface area contributed by atoms with Crippen LogP contribution < -0.4 is 10.9 Å². The molecule has 210 valence electrons. The first-order chi connectivity index (χ1) is 18.1.